The third-order valence-corrected chi connectivity index (χ3v) is 14.5. The molecule has 0 saturated heterocycles. The summed E-state index contributed by atoms with van der Waals surface area (Å²) in [7, 11) is 0. The average Bonchev–Trinajstić information content (AvgIpc) is 3.69. The molecular formula is C28H20N4O8Zn. The van der Waals surface area contributed by atoms with Crippen LogP contribution in [0.1, 0.15) is 22.8 Å². The molecule has 0 saturated carbocycles. The van der Waals surface area contributed by atoms with Gasteiger partial charge in [-0.2, -0.15) is 0 Å². The molecule has 1 aromatic carbocycles. The Kier molecular flexibility index (Phi) is 7.04. The van der Waals surface area contributed by atoms with Crippen LogP contribution in [0.3, 0.4) is 0 Å². The second kappa shape index (κ2) is 10.6. The van der Waals surface area contributed by atoms with Crippen molar-refractivity contribution in [1.82, 2.24) is 19.9 Å². The second-order valence-electron chi connectivity index (χ2n) is 9.67. The summed E-state index contributed by atoms with van der Waals surface area (Å²) in [5.41, 5.74) is 7.89. The van der Waals surface area contributed by atoms with Gasteiger partial charge in [0.05, 0.1) is 22.8 Å². The zero-order valence-electron chi connectivity index (χ0n) is 21.1. The van der Waals surface area contributed by atoms with Crippen molar-refractivity contribution in [2.45, 2.75) is 0 Å². The number of nitrogens with one attached hydrogen (secondary N) is 2. The van der Waals surface area contributed by atoms with Gasteiger partial charge in [0, 0.05) is 32.8 Å². The molecule has 202 valence electrons. The molecule has 41 heavy (non-hydrogen) atoms. The van der Waals surface area contributed by atoms with Gasteiger partial charge in [0.2, 0.25) is 0 Å². The maximum absolute atomic E-state index is 10.3. The summed E-state index contributed by atoms with van der Waals surface area (Å²) < 4.78 is -8.96. The summed E-state index contributed by atoms with van der Waals surface area (Å²) in [6.07, 6.45) is 8.17. The molecule has 0 fully saturated rings. The van der Waals surface area contributed by atoms with Crippen LogP contribution >= 0.6 is 0 Å². The molecule has 4 aromatic rings. The normalized spacial score (nSPS) is 11.6. The predicted octanol–water partition coefficient (Wildman–Crippen LogP) is 6.66. The molecule has 12 nitrogen and oxygen atoms in total. The first-order valence-corrected chi connectivity index (χ1v) is 18.3. The summed E-state index contributed by atoms with van der Waals surface area (Å²) in [6, 6.07) is 20.8. The van der Waals surface area contributed by atoms with E-state index in [0.717, 1.165) is 44.8 Å². The molecule has 8 bridgehead atoms. The van der Waals surface area contributed by atoms with Crippen LogP contribution < -0.4 is 0 Å². The number of nitrogens with zero attached hydrogens (tertiary/aromatic N) is 2. The predicted molar refractivity (Wildman–Crippen MR) is 148 cm³/mol. The molecule has 2 aliphatic heterocycles. The molecule has 0 radical (unpaired) electrons. The van der Waals surface area contributed by atoms with E-state index in [9.17, 15) is 19.2 Å². The first kappa shape index (κ1) is 27.2. The van der Waals surface area contributed by atoms with Crippen molar-refractivity contribution in [3.8, 4) is 0 Å². The summed E-state index contributed by atoms with van der Waals surface area (Å²) in [5, 5.41) is 35.5. The topological polar surface area (TPSA) is 207 Å². The Morgan fingerprint density at radius 3 is 1.24 bits per heavy atom. The summed E-state index contributed by atoms with van der Waals surface area (Å²) in [4.78, 5) is 57.6. The zero-order valence-corrected chi connectivity index (χ0v) is 24.1. The van der Waals surface area contributed by atoms with E-state index in [1.807, 2.05) is 24.3 Å². The first-order chi connectivity index (χ1) is 19.6. The van der Waals surface area contributed by atoms with Crippen LogP contribution in [0.15, 0.2) is 60.7 Å². The molecular weight excluding hydrogens is 586 g/mol. The van der Waals surface area contributed by atoms with Gasteiger partial charge in [-0.1, -0.05) is 24.3 Å². The van der Waals surface area contributed by atoms with Crippen molar-refractivity contribution >= 4 is 75.4 Å². The van der Waals surface area contributed by atoms with Crippen LogP contribution in [0.5, 0.6) is 0 Å². The van der Waals surface area contributed by atoms with Crippen molar-refractivity contribution in [1.29, 1.82) is 0 Å². The van der Waals surface area contributed by atoms with E-state index < -0.39 is 33.0 Å². The molecule has 6 rings (SSSR count). The Hall–Kier alpha value is -5.42. The van der Waals surface area contributed by atoms with E-state index in [1.54, 1.807) is 0 Å². The van der Waals surface area contributed by atoms with Crippen molar-refractivity contribution in [3.05, 3.63) is 83.4 Å². The Labute approximate surface area is 232 Å². The molecule has 0 spiro atoms. The van der Waals surface area contributed by atoms with Crippen LogP contribution in [-0.4, -0.2) is 58.6 Å². The molecule has 0 unspecified atom stereocenters. The SMILES string of the molecule is C1=Cc2cc3[nH]c(cc4nc(cc5ccc(cc1n2)[nH]5)C=C4)c1ccccc31.O=[C](O)[Zn]([C](=O)O)([C](=O)O)[C](=O)O. The molecule has 2 aliphatic rings. The molecule has 0 aliphatic carbocycles. The minimum atomic E-state index is -6.36. The second-order valence-corrected chi connectivity index (χ2v) is 19.2. The van der Waals surface area contributed by atoms with Gasteiger partial charge in [-0.3, -0.25) is 0 Å². The van der Waals surface area contributed by atoms with Crippen molar-refractivity contribution in [2.24, 2.45) is 0 Å². The summed E-state index contributed by atoms with van der Waals surface area (Å²) in [5.74, 6) is 0. The number of fused-ring (bicyclic) bond motifs is 11. The van der Waals surface area contributed by atoms with Gasteiger partial charge < -0.3 is 9.97 Å². The van der Waals surface area contributed by atoms with Gasteiger partial charge in [0.25, 0.3) is 0 Å². The van der Waals surface area contributed by atoms with Gasteiger partial charge in [0.1, 0.15) is 0 Å². The average molecular weight is 606 g/mol. The van der Waals surface area contributed by atoms with Crippen LogP contribution in [0.25, 0.3) is 57.1 Å². The van der Waals surface area contributed by atoms with E-state index in [0.29, 0.717) is 0 Å². The first-order valence-electron chi connectivity index (χ1n) is 12.4. The fraction of sp³-hybridized carbons (Fsp3) is 0. The molecule has 5 heterocycles. The van der Waals surface area contributed by atoms with E-state index in [4.69, 9.17) is 30.4 Å². The number of hydrogen-bond donors (Lipinski definition) is 6. The van der Waals surface area contributed by atoms with E-state index in [2.05, 4.69) is 70.6 Å². The third kappa shape index (κ3) is 5.13. The fourth-order valence-corrected chi connectivity index (χ4v) is 7.82. The van der Waals surface area contributed by atoms with Gasteiger partial charge in [-0.25, -0.2) is 9.97 Å². The van der Waals surface area contributed by atoms with Crippen LogP contribution in [0.4, 0.5) is 19.2 Å². The van der Waals surface area contributed by atoms with Crippen LogP contribution in [-0.2, 0) is 14.8 Å². The van der Waals surface area contributed by atoms with E-state index in [-0.39, 0.29) is 0 Å². The number of hydrogen-bond acceptors (Lipinski definition) is 6. The van der Waals surface area contributed by atoms with Gasteiger partial charge in [-0.05, 0) is 60.7 Å². The zero-order chi connectivity index (χ0) is 29.3. The monoisotopic (exact) mass is 604 g/mol. The number of aromatic amines is 2. The molecule has 6 N–H and O–H groups in total. The van der Waals surface area contributed by atoms with Crippen LogP contribution in [0.2, 0.25) is 0 Å². The van der Waals surface area contributed by atoms with Gasteiger partial charge in [-0.15, -0.1) is 0 Å². The Balaban J connectivity index is 0.000000223. The van der Waals surface area contributed by atoms with Crippen molar-refractivity contribution in [3.63, 3.8) is 0 Å². The quantitative estimate of drug-likeness (QED) is 0.118. The number of carboxylic acid groups (broad SMARTS) is 4. The summed E-state index contributed by atoms with van der Waals surface area (Å²) in [6.45, 7) is 0. The number of benzene rings is 1. The third-order valence-electron chi connectivity index (χ3n) is 6.88. The van der Waals surface area contributed by atoms with Crippen molar-refractivity contribution < 1.29 is 54.4 Å². The maximum atomic E-state index is 10.3. The molecule has 3 aromatic heterocycles. The van der Waals surface area contributed by atoms with E-state index in [1.165, 1.54) is 10.8 Å². The fourth-order valence-electron chi connectivity index (χ4n) is 4.56. The van der Waals surface area contributed by atoms with Crippen LogP contribution in [0, 0.1) is 0 Å². The number of aromatic nitrogens is 4. The minimum absolute atomic E-state index is 0.933. The molecule has 13 heteroatoms. The Morgan fingerprint density at radius 1 is 0.537 bits per heavy atom. The van der Waals surface area contributed by atoms with Crippen molar-refractivity contribution in [2.75, 3.05) is 0 Å². The summed E-state index contributed by atoms with van der Waals surface area (Å²) >= 11 is -6.36. The van der Waals surface area contributed by atoms with Gasteiger partial charge in [0.15, 0.2) is 0 Å². The number of rotatable bonds is 4. The molecule has 0 atom stereocenters. The standard InChI is InChI=1S/C24H16N4.4CHO2.Zn/c1-2-4-22-21(3-1)23-13-19-9-7-17(26-19)11-15-5-6-16(25-15)12-18-8-10-20(27-18)14-24(22)28-23;4*2-1-3;/h1-14,25,28H;4*(H,2,3);. The Morgan fingerprint density at radius 2 is 0.902 bits per heavy atom. The molecule has 0 amide bonds. The Bertz CT molecular complexity index is 1820. The number of H-pyrrole nitrogens is 2. The van der Waals surface area contributed by atoms with Gasteiger partial charge >= 0.3 is 72.6 Å². The number of carbonyl (C=O) groups is 4. The van der Waals surface area contributed by atoms with E-state index >= 15 is 0 Å².